The molecule has 1 aliphatic rings. The first-order valence-corrected chi connectivity index (χ1v) is 10.2. The van der Waals surface area contributed by atoms with Crippen molar-refractivity contribution >= 4 is 16.8 Å². The monoisotopic (exact) mass is 392 g/mol. The first kappa shape index (κ1) is 19.4. The highest BCUT2D eigenvalue weighted by Crippen LogP contribution is 2.31. The number of benzene rings is 2. The van der Waals surface area contributed by atoms with E-state index in [-0.39, 0.29) is 5.91 Å². The van der Waals surface area contributed by atoms with E-state index in [1.807, 2.05) is 23.1 Å². The fraction of sp³-hybridized carbons (Fsp3) is 0.375. The number of para-hydroxylation sites is 1. The Morgan fingerprint density at radius 3 is 2.52 bits per heavy atom. The van der Waals surface area contributed by atoms with Crippen molar-refractivity contribution in [3.8, 4) is 11.5 Å². The summed E-state index contributed by atoms with van der Waals surface area (Å²) in [7, 11) is 3.25. The van der Waals surface area contributed by atoms with Crippen LogP contribution >= 0.6 is 0 Å². The highest BCUT2D eigenvalue weighted by molar-refractivity contribution is 5.80. The SMILES string of the molecule is COc1ccc(CCC(=O)N2CCC(c3cc4ccccc4[nH]3)CC2)cc1OC. The van der Waals surface area contributed by atoms with Crippen molar-refractivity contribution in [1.82, 2.24) is 9.88 Å². The molecule has 5 nitrogen and oxygen atoms in total. The minimum atomic E-state index is 0.231. The maximum atomic E-state index is 12.7. The van der Waals surface area contributed by atoms with E-state index in [0.29, 0.717) is 30.3 Å². The molecule has 29 heavy (non-hydrogen) atoms. The number of aryl methyl sites for hydroxylation is 1. The van der Waals surface area contributed by atoms with Crippen LogP contribution in [0.25, 0.3) is 10.9 Å². The van der Waals surface area contributed by atoms with Gasteiger partial charge in [0.15, 0.2) is 11.5 Å². The number of aromatic nitrogens is 1. The number of fused-ring (bicyclic) bond motifs is 1. The highest BCUT2D eigenvalue weighted by atomic mass is 16.5. The quantitative estimate of drug-likeness (QED) is 0.671. The Kier molecular flexibility index (Phi) is 5.74. The van der Waals surface area contributed by atoms with Crippen LogP contribution < -0.4 is 9.47 Å². The molecule has 1 N–H and O–H groups in total. The van der Waals surface area contributed by atoms with E-state index in [1.165, 1.54) is 16.6 Å². The Morgan fingerprint density at radius 1 is 1.03 bits per heavy atom. The van der Waals surface area contributed by atoms with E-state index in [9.17, 15) is 4.79 Å². The number of ether oxygens (including phenoxy) is 2. The van der Waals surface area contributed by atoms with Gasteiger partial charge in [0.25, 0.3) is 0 Å². The number of likely N-dealkylation sites (tertiary alicyclic amines) is 1. The van der Waals surface area contributed by atoms with Gasteiger partial charge in [-0.15, -0.1) is 0 Å². The van der Waals surface area contributed by atoms with Gasteiger partial charge in [0, 0.05) is 36.6 Å². The molecule has 1 aromatic heterocycles. The van der Waals surface area contributed by atoms with Gasteiger partial charge < -0.3 is 19.4 Å². The molecule has 1 fully saturated rings. The molecular formula is C24H28N2O3. The maximum Gasteiger partial charge on any atom is 0.222 e. The molecule has 0 bridgehead atoms. The van der Waals surface area contributed by atoms with Crippen molar-refractivity contribution in [3.63, 3.8) is 0 Å². The summed E-state index contributed by atoms with van der Waals surface area (Å²) in [5.41, 5.74) is 3.57. The molecule has 5 heteroatoms. The average Bonchev–Trinajstić information content (AvgIpc) is 3.21. The third-order valence-electron chi connectivity index (χ3n) is 5.91. The predicted molar refractivity (Wildman–Crippen MR) is 115 cm³/mol. The molecule has 0 saturated carbocycles. The van der Waals surface area contributed by atoms with Crippen LogP contribution in [0.2, 0.25) is 0 Å². The fourth-order valence-electron chi connectivity index (χ4n) is 4.20. The van der Waals surface area contributed by atoms with Crippen LogP contribution in [0.1, 0.15) is 36.4 Å². The Balaban J connectivity index is 1.31. The first-order valence-electron chi connectivity index (χ1n) is 10.2. The molecule has 0 atom stereocenters. The second kappa shape index (κ2) is 8.60. The largest absolute Gasteiger partial charge is 0.493 e. The summed E-state index contributed by atoms with van der Waals surface area (Å²) in [5, 5.41) is 1.26. The van der Waals surface area contributed by atoms with E-state index in [2.05, 4.69) is 35.3 Å². The lowest BCUT2D eigenvalue weighted by atomic mass is 9.93. The van der Waals surface area contributed by atoms with Gasteiger partial charge in [-0.05, 0) is 54.5 Å². The number of aromatic amines is 1. The van der Waals surface area contributed by atoms with Crippen LogP contribution in [0.4, 0.5) is 0 Å². The van der Waals surface area contributed by atoms with Crippen LogP contribution in [-0.4, -0.2) is 43.1 Å². The first-order chi connectivity index (χ1) is 14.2. The zero-order chi connectivity index (χ0) is 20.2. The Morgan fingerprint density at radius 2 is 1.79 bits per heavy atom. The zero-order valence-corrected chi connectivity index (χ0v) is 17.1. The summed E-state index contributed by atoms with van der Waals surface area (Å²) in [6, 6.07) is 16.5. The predicted octanol–water partition coefficient (Wildman–Crippen LogP) is 4.52. The molecule has 0 radical (unpaired) electrons. The summed E-state index contributed by atoms with van der Waals surface area (Å²) in [5.74, 6) is 2.14. The molecule has 2 aromatic carbocycles. The van der Waals surface area contributed by atoms with Crippen LogP contribution in [0, 0.1) is 0 Å². The lowest BCUT2D eigenvalue weighted by Crippen LogP contribution is -2.38. The number of hydrogen-bond donors (Lipinski definition) is 1. The number of H-pyrrole nitrogens is 1. The van der Waals surface area contributed by atoms with Crippen molar-refractivity contribution in [3.05, 3.63) is 59.8 Å². The normalized spacial score (nSPS) is 14.9. The van der Waals surface area contributed by atoms with Crippen molar-refractivity contribution in [2.75, 3.05) is 27.3 Å². The van der Waals surface area contributed by atoms with Gasteiger partial charge in [-0.25, -0.2) is 0 Å². The van der Waals surface area contributed by atoms with Gasteiger partial charge in [0.2, 0.25) is 5.91 Å². The lowest BCUT2D eigenvalue weighted by Gasteiger charge is -2.31. The van der Waals surface area contributed by atoms with E-state index in [4.69, 9.17) is 9.47 Å². The smallest absolute Gasteiger partial charge is 0.222 e. The standard InChI is InChI=1S/C24H28N2O3/c1-28-22-9-7-17(15-23(22)29-2)8-10-24(27)26-13-11-18(12-14-26)21-16-19-5-3-4-6-20(19)25-21/h3-7,9,15-16,18,25H,8,10-14H2,1-2H3. The Hall–Kier alpha value is -2.95. The van der Waals surface area contributed by atoms with Crippen LogP contribution in [0.15, 0.2) is 48.5 Å². The zero-order valence-electron chi connectivity index (χ0n) is 17.1. The van der Waals surface area contributed by atoms with Gasteiger partial charge >= 0.3 is 0 Å². The summed E-state index contributed by atoms with van der Waals surface area (Å²) in [6.45, 7) is 1.65. The molecule has 152 valence electrons. The topological polar surface area (TPSA) is 54.6 Å². The Labute approximate surface area is 171 Å². The van der Waals surface area contributed by atoms with Gasteiger partial charge in [-0.3, -0.25) is 4.79 Å². The molecule has 1 amide bonds. The lowest BCUT2D eigenvalue weighted by molar-refractivity contribution is -0.132. The highest BCUT2D eigenvalue weighted by Gasteiger charge is 2.24. The van der Waals surface area contributed by atoms with Crippen LogP contribution in [0.5, 0.6) is 11.5 Å². The maximum absolute atomic E-state index is 12.7. The fourth-order valence-corrected chi connectivity index (χ4v) is 4.20. The number of nitrogens with zero attached hydrogens (tertiary/aromatic N) is 1. The van der Waals surface area contributed by atoms with Gasteiger partial charge in [0.1, 0.15) is 0 Å². The molecule has 4 rings (SSSR count). The number of nitrogens with one attached hydrogen (secondary N) is 1. The third-order valence-corrected chi connectivity index (χ3v) is 5.91. The molecule has 0 aliphatic carbocycles. The minimum absolute atomic E-state index is 0.231. The molecule has 0 unspecified atom stereocenters. The third kappa shape index (κ3) is 4.24. The Bertz CT molecular complexity index is 954. The van der Waals surface area contributed by atoms with E-state index >= 15 is 0 Å². The second-order valence-corrected chi connectivity index (χ2v) is 7.66. The number of carbonyl (C=O) groups is 1. The van der Waals surface area contributed by atoms with Gasteiger partial charge in [-0.1, -0.05) is 24.3 Å². The van der Waals surface area contributed by atoms with Crippen molar-refractivity contribution in [1.29, 1.82) is 0 Å². The molecule has 1 aliphatic heterocycles. The number of amides is 1. The molecular weight excluding hydrogens is 364 g/mol. The number of piperidine rings is 1. The van der Waals surface area contributed by atoms with Crippen LogP contribution in [-0.2, 0) is 11.2 Å². The summed E-state index contributed by atoms with van der Waals surface area (Å²) in [6.07, 6.45) is 3.25. The minimum Gasteiger partial charge on any atom is -0.493 e. The van der Waals surface area contributed by atoms with E-state index < -0.39 is 0 Å². The van der Waals surface area contributed by atoms with Crippen molar-refractivity contribution in [2.45, 2.75) is 31.6 Å². The number of hydrogen-bond acceptors (Lipinski definition) is 3. The molecule has 0 spiro atoms. The number of rotatable bonds is 6. The second-order valence-electron chi connectivity index (χ2n) is 7.66. The molecule has 2 heterocycles. The molecule has 1 saturated heterocycles. The van der Waals surface area contributed by atoms with Crippen LogP contribution in [0.3, 0.4) is 0 Å². The van der Waals surface area contributed by atoms with Gasteiger partial charge in [-0.2, -0.15) is 0 Å². The number of methoxy groups -OCH3 is 2. The summed E-state index contributed by atoms with van der Waals surface area (Å²) < 4.78 is 10.6. The van der Waals surface area contributed by atoms with E-state index in [1.54, 1.807) is 14.2 Å². The van der Waals surface area contributed by atoms with Crippen molar-refractivity contribution < 1.29 is 14.3 Å². The number of carbonyl (C=O) groups excluding carboxylic acids is 1. The van der Waals surface area contributed by atoms with Gasteiger partial charge in [0.05, 0.1) is 14.2 Å². The molecule has 3 aromatic rings. The summed E-state index contributed by atoms with van der Waals surface area (Å²) in [4.78, 5) is 18.3. The van der Waals surface area contributed by atoms with E-state index in [0.717, 1.165) is 31.5 Å². The summed E-state index contributed by atoms with van der Waals surface area (Å²) >= 11 is 0. The average molecular weight is 392 g/mol. The van der Waals surface area contributed by atoms with Crippen molar-refractivity contribution in [2.24, 2.45) is 0 Å².